The number of hydrogen-bond donors (Lipinski definition) is 3. The van der Waals surface area contributed by atoms with Gasteiger partial charge in [-0.3, -0.25) is 24.0 Å². The largest absolute Gasteiger partial charge is 0.481 e. The van der Waals surface area contributed by atoms with Gasteiger partial charge in [-0.25, -0.2) is 9.59 Å². The average Bonchev–Trinajstić information content (AvgIpc) is 2.91. The number of allylic oxidation sites excluding steroid dienone is 3. The summed E-state index contributed by atoms with van der Waals surface area (Å²) in [5.74, 6) is -3.80. The number of Topliss-reactive ketones (excluding diaryl/α,β-unsaturated/α-hetero) is 1. The quantitative estimate of drug-likeness (QED) is 0.111. The molecular formula is C30H54O13V. The fourth-order valence-electron chi connectivity index (χ4n) is 1.42. The summed E-state index contributed by atoms with van der Waals surface area (Å²) in [6.45, 7) is 15.5. The SMILES string of the molecule is C.C/C=C/C(=O)CC(=O)OC.C/C=C/C(=O)O.C=CC(=O)O.CC.CC=O.CCCC(=O)CC(=O)OC.CCCC(=O)O.[V]. The second-order valence-corrected chi connectivity index (χ2v) is 6.52. The minimum Gasteiger partial charge on any atom is -0.481 e. The molecular weight excluding hydrogens is 619 g/mol. The van der Waals surface area contributed by atoms with Crippen LogP contribution in [-0.2, 0) is 66.4 Å². The second-order valence-electron chi connectivity index (χ2n) is 6.52. The van der Waals surface area contributed by atoms with Crippen molar-refractivity contribution in [3.05, 3.63) is 37.0 Å². The molecule has 0 unspecified atom stereocenters. The Kier molecular flexibility index (Phi) is 84.7. The van der Waals surface area contributed by atoms with Crippen LogP contribution in [0.25, 0.3) is 0 Å². The van der Waals surface area contributed by atoms with Gasteiger partial charge < -0.3 is 29.6 Å². The molecule has 257 valence electrons. The molecule has 0 amide bonds. The smallest absolute Gasteiger partial charge is 0.327 e. The Labute approximate surface area is 274 Å². The number of aldehydes is 1. The first-order valence-corrected chi connectivity index (χ1v) is 12.8. The van der Waals surface area contributed by atoms with Crippen LogP contribution in [0.2, 0.25) is 0 Å². The van der Waals surface area contributed by atoms with Crippen molar-refractivity contribution in [1.29, 1.82) is 0 Å². The maximum atomic E-state index is 10.7. The molecule has 0 bridgehead atoms. The van der Waals surface area contributed by atoms with E-state index in [1.165, 1.54) is 33.3 Å². The first kappa shape index (κ1) is 63.4. The van der Waals surface area contributed by atoms with Crippen LogP contribution in [0.15, 0.2) is 37.0 Å². The van der Waals surface area contributed by atoms with E-state index in [2.05, 4.69) is 16.1 Å². The van der Waals surface area contributed by atoms with Crippen LogP contribution in [0.3, 0.4) is 0 Å². The number of carboxylic acids is 3. The van der Waals surface area contributed by atoms with Crippen molar-refractivity contribution in [1.82, 2.24) is 0 Å². The molecule has 3 N–H and O–H groups in total. The fraction of sp³-hybridized carbons (Fsp3) is 0.533. The van der Waals surface area contributed by atoms with Gasteiger partial charge in [0, 0.05) is 43.5 Å². The minimum atomic E-state index is -0.981. The van der Waals surface area contributed by atoms with Gasteiger partial charge in [-0.15, -0.1) is 0 Å². The maximum absolute atomic E-state index is 10.7. The van der Waals surface area contributed by atoms with Crippen molar-refractivity contribution in [3.8, 4) is 0 Å². The summed E-state index contributed by atoms with van der Waals surface area (Å²) in [5.41, 5.74) is 0. The number of esters is 2. The molecule has 0 aliphatic rings. The molecule has 0 aromatic heterocycles. The number of ketones is 2. The van der Waals surface area contributed by atoms with Gasteiger partial charge in [0.25, 0.3) is 0 Å². The number of aliphatic carboxylic acids is 3. The molecule has 0 saturated carbocycles. The third-order valence-corrected chi connectivity index (χ3v) is 2.94. The van der Waals surface area contributed by atoms with E-state index in [1.54, 1.807) is 19.9 Å². The zero-order valence-electron chi connectivity index (χ0n) is 26.8. The molecule has 0 spiro atoms. The van der Waals surface area contributed by atoms with E-state index in [0.29, 0.717) is 12.8 Å². The van der Waals surface area contributed by atoms with Gasteiger partial charge in [0.15, 0.2) is 5.78 Å². The summed E-state index contributed by atoms with van der Waals surface area (Å²) < 4.78 is 8.58. The first-order chi connectivity index (χ1) is 19.6. The van der Waals surface area contributed by atoms with Gasteiger partial charge in [0.2, 0.25) is 0 Å². The maximum Gasteiger partial charge on any atom is 0.327 e. The number of carboxylic acid groups (broad SMARTS) is 3. The fourth-order valence-corrected chi connectivity index (χ4v) is 1.42. The Morgan fingerprint density at radius 2 is 1.05 bits per heavy atom. The molecule has 1 radical (unpaired) electrons. The van der Waals surface area contributed by atoms with E-state index in [0.717, 1.165) is 31.3 Å². The van der Waals surface area contributed by atoms with Gasteiger partial charge in [0.05, 0.1) is 14.2 Å². The number of carbonyl (C=O) groups is 8. The second kappa shape index (κ2) is 58.7. The van der Waals surface area contributed by atoms with Crippen LogP contribution in [0.4, 0.5) is 0 Å². The monoisotopic (exact) mass is 673 g/mol. The van der Waals surface area contributed by atoms with Crippen molar-refractivity contribution in [2.24, 2.45) is 0 Å². The third kappa shape index (κ3) is 107. The summed E-state index contributed by atoms with van der Waals surface area (Å²) in [6, 6.07) is 0. The van der Waals surface area contributed by atoms with Crippen molar-refractivity contribution < 1.29 is 81.7 Å². The predicted octanol–water partition coefficient (Wildman–Crippen LogP) is 5.25. The van der Waals surface area contributed by atoms with E-state index in [4.69, 9.17) is 20.1 Å². The summed E-state index contributed by atoms with van der Waals surface area (Å²) in [5, 5.41) is 23.3. The molecule has 0 aromatic rings. The van der Waals surface area contributed by atoms with Crippen molar-refractivity contribution in [2.45, 2.75) is 94.4 Å². The number of methoxy groups -OCH3 is 2. The van der Waals surface area contributed by atoms with Crippen LogP contribution in [0.1, 0.15) is 94.4 Å². The van der Waals surface area contributed by atoms with Gasteiger partial charge in [-0.2, -0.15) is 0 Å². The van der Waals surface area contributed by atoms with Crippen LogP contribution in [0, 0.1) is 0 Å². The summed E-state index contributed by atoms with van der Waals surface area (Å²) in [7, 11) is 2.53. The van der Waals surface area contributed by atoms with E-state index in [1.807, 2.05) is 27.7 Å². The summed E-state index contributed by atoms with van der Waals surface area (Å²) >= 11 is 0. The van der Waals surface area contributed by atoms with Gasteiger partial charge in [-0.1, -0.05) is 53.9 Å². The van der Waals surface area contributed by atoms with Gasteiger partial charge >= 0.3 is 29.8 Å². The Bertz CT molecular complexity index is 803. The number of ether oxygens (including phenoxy) is 2. The van der Waals surface area contributed by atoms with Gasteiger partial charge in [0.1, 0.15) is 24.9 Å². The third-order valence-electron chi connectivity index (χ3n) is 2.94. The molecule has 0 rings (SSSR count). The van der Waals surface area contributed by atoms with Crippen molar-refractivity contribution in [3.63, 3.8) is 0 Å². The van der Waals surface area contributed by atoms with Crippen molar-refractivity contribution >= 4 is 47.7 Å². The molecule has 0 atom stereocenters. The van der Waals surface area contributed by atoms with Crippen LogP contribution in [-0.4, -0.2) is 77.2 Å². The molecule has 0 aliphatic heterocycles. The zero-order chi connectivity index (χ0) is 34.9. The van der Waals surface area contributed by atoms with Gasteiger partial charge in [-0.05, 0) is 39.7 Å². The molecule has 0 aromatic carbocycles. The van der Waals surface area contributed by atoms with E-state index >= 15 is 0 Å². The number of hydrogen-bond acceptors (Lipinski definition) is 10. The molecule has 14 heteroatoms. The molecule has 44 heavy (non-hydrogen) atoms. The molecule has 0 aliphatic carbocycles. The number of rotatable bonds is 11. The average molecular weight is 674 g/mol. The van der Waals surface area contributed by atoms with E-state index in [9.17, 15) is 33.6 Å². The Morgan fingerprint density at radius 3 is 1.23 bits per heavy atom. The normalized spacial score (nSPS) is 7.84. The molecule has 0 heterocycles. The van der Waals surface area contributed by atoms with Crippen LogP contribution < -0.4 is 0 Å². The molecule has 0 fully saturated rings. The summed E-state index contributed by atoms with van der Waals surface area (Å²) in [4.78, 5) is 79.4. The first-order valence-electron chi connectivity index (χ1n) is 12.8. The molecule has 13 nitrogen and oxygen atoms in total. The summed E-state index contributed by atoms with van der Waals surface area (Å²) in [6.07, 6.45) is 9.11. The Hall–Kier alpha value is -3.84. The van der Waals surface area contributed by atoms with Crippen LogP contribution in [0.5, 0.6) is 0 Å². The topological polar surface area (TPSA) is 216 Å². The number of carbonyl (C=O) groups excluding carboxylic acids is 5. The standard InChI is InChI=1S/C7H12O3.C7H10O3.C4H8O2.C4H6O2.C3H4O2.C2H4O.C2H6.CH4.V/c2*1-3-4-6(8)5-7(9)10-2;2*1-2-3-4(5)6;1-2-3(4)5;1-2-3;1-2;;/h3-5H2,1-2H3;3-4H,5H2,1-2H3;2-3H2,1H3,(H,5,6);2-3H,1H3,(H,5,6);2H,1H2,(H,4,5);2H,1H3;1-2H3;1H4;/b;4-3+;;3-2+;;;;;. The predicted molar refractivity (Wildman–Crippen MR) is 166 cm³/mol. The zero-order valence-corrected chi connectivity index (χ0v) is 28.2. The van der Waals surface area contributed by atoms with E-state index < -0.39 is 29.8 Å². The van der Waals surface area contributed by atoms with Crippen molar-refractivity contribution in [2.75, 3.05) is 14.2 Å². The van der Waals surface area contributed by atoms with E-state index in [-0.39, 0.29) is 50.4 Å². The minimum absolute atomic E-state index is 0. The Morgan fingerprint density at radius 1 is 0.705 bits per heavy atom. The van der Waals surface area contributed by atoms with Crippen LogP contribution >= 0.6 is 0 Å². The molecule has 0 saturated heterocycles. The Balaban J connectivity index is -0.0000000484.